The van der Waals surface area contributed by atoms with Gasteiger partial charge in [0.1, 0.15) is 22.4 Å². The van der Waals surface area contributed by atoms with Crippen molar-refractivity contribution in [2.75, 3.05) is 34.9 Å². The van der Waals surface area contributed by atoms with Gasteiger partial charge in [0, 0.05) is 31.9 Å². The van der Waals surface area contributed by atoms with Gasteiger partial charge in [-0.2, -0.15) is 0 Å². The topological polar surface area (TPSA) is 77.0 Å². The van der Waals surface area contributed by atoms with Gasteiger partial charge in [0.2, 0.25) is 0 Å². The minimum absolute atomic E-state index is 0.485. The molecule has 1 aromatic carbocycles. The summed E-state index contributed by atoms with van der Waals surface area (Å²) >= 11 is 5.80. The summed E-state index contributed by atoms with van der Waals surface area (Å²) in [7, 11) is 6.56. The Labute approximate surface area is 164 Å². The molecular weight excluding hydrogens is 368 g/mol. The number of hydrogen-bond donors (Lipinski definition) is 2. The lowest BCUT2D eigenvalue weighted by Gasteiger charge is -2.17. The number of ether oxygens (including phenoxy) is 3. The summed E-state index contributed by atoms with van der Waals surface area (Å²) in [5.41, 5.74) is 1.98. The number of nitrogens with one attached hydrogen (secondary N) is 2. The van der Waals surface area contributed by atoms with E-state index in [1.165, 1.54) is 0 Å². The predicted octanol–water partition coefficient (Wildman–Crippen LogP) is 2.67. The van der Waals surface area contributed by atoms with Gasteiger partial charge in [0.15, 0.2) is 5.96 Å². The van der Waals surface area contributed by atoms with Crippen LogP contribution in [0.3, 0.4) is 0 Å². The first-order valence-corrected chi connectivity index (χ1v) is 8.82. The largest absolute Gasteiger partial charge is 0.496 e. The molecule has 0 aliphatic rings. The Balaban J connectivity index is 1.96. The standard InChI is InChI=1S/C19H25ClN4O3/c1-21-19(22-8-7-13-5-6-18(20)23-11-13)24-12-15-16(26-3)9-14(25-2)10-17(15)27-4/h5-6,9-11H,7-8,12H2,1-4H3,(H2,21,22,24). The van der Waals surface area contributed by atoms with E-state index in [1.54, 1.807) is 40.6 Å². The van der Waals surface area contributed by atoms with E-state index >= 15 is 0 Å². The Morgan fingerprint density at radius 1 is 1.07 bits per heavy atom. The maximum absolute atomic E-state index is 5.80. The monoisotopic (exact) mass is 392 g/mol. The van der Waals surface area contributed by atoms with Crippen LogP contribution in [0.25, 0.3) is 0 Å². The normalized spacial score (nSPS) is 11.1. The van der Waals surface area contributed by atoms with Crippen LogP contribution in [-0.2, 0) is 13.0 Å². The lowest BCUT2D eigenvalue weighted by atomic mass is 10.1. The molecule has 7 nitrogen and oxygen atoms in total. The zero-order valence-corrected chi connectivity index (χ0v) is 16.8. The highest BCUT2D eigenvalue weighted by atomic mass is 35.5. The van der Waals surface area contributed by atoms with Gasteiger partial charge in [-0.05, 0) is 18.1 Å². The van der Waals surface area contributed by atoms with Gasteiger partial charge in [-0.3, -0.25) is 4.99 Å². The van der Waals surface area contributed by atoms with Crippen molar-refractivity contribution in [2.45, 2.75) is 13.0 Å². The average Bonchev–Trinajstić information content (AvgIpc) is 2.71. The van der Waals surface area contributed by atoms with E-state index in [9.17, 15) is 0 Å². The van der Waals surface area contributed by atoms with E-state index in [1.807, 2.05) is 18.2 Å². The Morgan fingerprint density at radius 2 is 1.78 bits per heavy atom. The summed E-state index contributed by atoms with van der Waals surface area (Å²) in [4.78, 5) is 8.32. The number of rotatable bonds is 8. The quantitative estimate of drug-likeness (QED) is 0.408. The fraction of sp³-hybridized carbons (Fsp3) is 0.368. The molecule has 0 unspecified atom stereocenters. The molecular formula is C19H25ClN4O3. The van der Waals surface area contributed by atoms with Gasteiger partial charge in [0.25, 0.3) is 0 Å². The fourth-order valence-corrected chi connectivity index (χ4v) is 2.64. The number of nitrogens with zero attached hydrogens (tertiary/aromatic N) is 2. The van der Waals surface area contributed by atoms with Crippen molar-refractivity contribution >= 4 is 17.6 Å². The maximum Gasteiger partial charge on any atom is 0.191 e. The molecule has 0 bridgehead atoms. The first kappa shape index (κ1) is 20.6. The molecule has 8 heteroatoms. The number of aromatic nitrogens is 1. The van der Waals surface area contributed by atoms with Gasteiger partial charge >= 0.3 is 0 Å². The molecule has 1 heterocycles. The molecule has 0 fully saturated rings. The van der Waals surface area contributed by atoms with Gasteiger partial charge in [-0.15, -0.1) is 0 Å². The number of halogens is 1. The van der Waals surface area contributed by atoms with Crippen molar-refractivity contribution < 1.29 is 14.2 Å². The Morgan fingerprint density at radius 3 is 2.30 bits per heavy atom. The molecule has 2 rings (SSSR count). The van der Waals surface area contributed by atoms with E-state index in [2.05, 4.69) is 20.6 Å². The van der Waals surface area contributed by atoms with Crippen LogP contribution >= 0.6 is 11.6 Å². The van der Waals surface area contributed by atoms with Crippen molar-refractivity contribution in [3.05, 3.63) is 46.7 Å². The molecule has 0 aliphatic heterocycles. The van der Waals surface area contributed by atoms with E-state index < -0.39 is 0 Å². The third-order valence-electron chi connectivity index (χ3n) is 3.97. The summed E-state index contributed by atoms with van der Waals surface area (Å²) < 4.78 is 16.2. The van der Waals surface area contributed by atoms with Crippen LogP contribution in [0.5, 0.6) is 17.2 Å². The summed E-state index contributed by atoms with van der Waals surface area (Å²) in [5, 5.41) is 7.03. The molecule has 0 radical (unpaired) electrons. The molecule has 146 valence electrons. The number of hydrogen-bond acceptors (Lipinski definition) is 5. The molecule has 0 amide bonds. The number of guanidine groups is 1. The average molecular weight is 393 g/mol. The molecule has 0 spiro atoms. The zero-order chi connectivity index (χ0) is 19.6. The van der Waals surface area contributed by atoms with Gasteiger partial charge in [-0.1, -0.05) is 17.7 Å². The molecule has 1 aromatic heterocycles. The molecule has 0 saturated heterocycles. The van der Waals surface area contributed by atoms with Crippen molar-refractivity contribution in [1.29, 1.82) is 0 Å². The second-order valence-electron chi connectivity index (χ2n) is 5.60. The summed E-state index contributed by atoms with van der Waals surface area (Å²) in [6, 6.07) is 7.39. The fourth-order valence-electron chi connectivity index (χ4n) is 2.52. The SMILES string of the molecule is CN=C(NCCc1ccc(Cl)nc1)NCc1c(OC)cc(OC)cc1OC. The van der Waals surface area contributed by atoms with Crippen LogP contribution in [0.15, 0.2) is 35.5 Å². The van der Waals surface area contributed by atoms with Crippen LogP contribution in [0, 0.1) is 0 Å². The predicted molar refractivity (Wildman–Crippen MR) is 107 cm³/mol. The molecule has 2 aromatic rings. The Hall–Kier alpha value is -2.67. The number of methoxy groups -OCH3 is 3. The highest BCUT2D eigenvalue weighted by Gasteiger charge is 2.13. The number of aliphatic imine (C=N–C) groups is 1. The summed E-state index contributed by atoms with van der Waals surface area (Å²) in [6.07, 6.45) is 2.58. The van der Waals surface area contributed by atoms with E-state index in [0.717, 1.165) is 17.5 Å². The molecule has 0 atom stereocenters. The summed E-state index contributed by atoms with van der Waals surface area (Å²) in [6.45, 7) is 1.19. The van der Waals surface area contributed by atoms with Crippen LogP contribution in [0.1, 0.15) is 11.1 Å². The second kappa shape index (κ2) is 10.5. The maximum atomic E-state index is 5.80. The van der Waals surface area contributed by atoms with Crippen molar-refractivity contribution in [3.63, 3.8) is 0 Å². The minimum Gasteiger partial charge on any atom is -0.496 e. The van der Waals surface area contributed by atoms with E-state index in [-0.39, 0.29) is 0 Å². The Kier molecular flexibility index (Phi) is 8.00. The first-order valence-electron chi connectivity index (χ1n) is 8.45. The highest BCUT2D eigenvalue weighted by Crippen LogP contribution is 2.33. The van der Waals surface area contributed by atoms with Gasteiger partial charge in [0.05, 0.1) is 33.4 Å². The van der Waals surface area contributed by atoms with Crippen molar-refractivity contribution in [2.24, 2.45) is 4.99 Å². The molecule has 0 saturated carbocycles. The van der Waals surface area contributed by atoms with Crippen LogP contribution in [-0.4, -0.2) is 45.9 Å². The van der Waals surface area contributed by atoms with Crippen LogP contribution in [0.2, 0.25) is 5.15 Å². The van der Waals surface area contributed by atoms with E-state index in [0.29, 0.717) is 41.5 Å². The molecule has 27 heavy (non-hydrogen) atoms. The zero-order valence-electron chi connectivity index (χ0n) is 16.0. The van der Waals surface area contributed by atoms with Crippen molar-refractivity contribution in [1.82, 2.24) is 15.6 Å². The lowest BCUT2D eigenvalue weighted by Crippen LogP contribution is -2.38. The van der Waals surface area contributed by atoms with Gasteiger partial charge < -0.3 is 24.8 Å². The number of benzene rings is 1. The first-order chi connectivity index (χ1) is 13.1. The highest BCUT2D eigenvalue weighted by molar-refractivity contribution is 6.29. The second-order valence-corrected chi connectivity index (χ2v) is 5.99. The van der Waals surface area contributed by atoms with Crippen LogP contribution < -0.4 is 24.8 Å². The molecule has 2 N–H and O–H groups in total. The van der Waals surface area contributed by atoms with Gasteiger partial charge in [-0.25, -0.2) is 4.98 Å². The van der Waals surface area contributed by atoms with Crippen molar-refractivity contribution in [3.8, 4) is 17.2 Å². The summed E-state index contributed by atoms with van der Waals surface area (Å²) in [5.74, 6) is 2.71. The van der Waals surface area contributed by atoms with E-state index in [4.69, 9.17) is 25.8 Å². The third kappa shape index (κ3) is 5.92. The Bertz CT molecular complexity index is 741. The number of pyridine rings is 1. The lowest BCUT2D eigenvalue weighted by molar-refractivity contribution is 0.368. The smallest absolute Gasteiger partial charge is 0.191 e. The minimum atomic E-state index is 0.485. The third-order valence-corrected chi connectivity index (χ3v) is 4.19. The molecule has 0 aliphatic carbocycles. The van der Waals surface area contributed by atoms with Crippen LogP contribution in [0.4, 0.5) is 0 Å².